The zero-order valence-corrected chi connectivity index (χ0v) is 26.1. The van der Waals surface area contributed by atoms with Crippen LogP contribution in [0, 0.1) is 0 Å². The molecule has 0 radical (unpaired) electrons. The van der Waals surface area contributed by atoms with Crippen LogP contribution in [-0.4, -0.2) is 15.0 Å². The summed E-state index contributed by atoms with van der Waals surface area (Å²) in [5.74, 6) is 0.700. The molecule has 0 saturated heterocycles. The molecule has 0 aliphatic carbocycles. The average molecular weight is 612 g/mol. The van der Waals surface area contributed by atoms with Crippen molar-refractivity contribution in [1.82, 2.24) is 15.0 Å². The molecule has 0 atom stereocenters. The molecule has 0 amide bonds. The Kier molecular flexibility index (Phi) is 6.80. The third-order valence-electron chi connectivity index (χ3n) is 9.19. The number of benzene rings is 7. The summed E-state index contributed by atoms with van der Waals surface area (Å²) >= 11 is 0. The molecule has 48 heavy (non-hydrogen) atoms. The standard InChI is InChI=1S/C45H29N3/c1-2-9-34(10-3-1)42-29-43(35-19-14-30(15-20-35)31-24-26-46-27-25-31)48-45(47-42)36-21-16-33(17-22-36)41-28-37-23-18-32-8-4-5-11-38(32)44(37)40-13-7-6-12-39(40)41/h1-29H. The van der Waals surface area contributed by atoms with Gasteiger partial charge in [0.25, 0.3) is 0 Å². The highest BCUT2D eigenvalue weighted by Crippen LogP contribution is 2.39. The summed E-state index contributed by atoms with van der Waals surface area (Å²) in [6.45, 7) is 0. The van der Waals surface area contributed by atoms with Crippen molar-refractivity contribution >= 4 is 32.3 Å². The van der Waals surface area contributed by atoms with Gasteiger partial charge in [-0.2, -0.15) is 0 Å². The molecular weight excluding hydrogens is 583 g/mol. The Bertz CT molecular complexity index is 2580. The summed E-state index contributed by atoms with van der Waals surface area (Å²) in [4.78, 5) is 14.3. The molecule has 0 aliphatic rings. The van der Waals surface area contributed by atoms with E-state index >= 15 is 0 Å². The second kappa shape index (κ2) is 11.7. The second-order valence-electron chi connectivity index (χ2n) is 12.1. The van der Waals surface area contributed by atoms with E-state index in [9.17, 15) is 0 Å². The fourth-order valence-corrected chi connectivity index (χ4v) is 6.78. The average Bonchev–Trinajstić information content (AvgIpc) is 3.18. The van der Waals surface area contributed by atoms with E-state index in [0.29, 0.717) is 5.82 Å². The number of fused-ring (bicyclic) bond motifs is 5. The van der Waals surface area contributed by atoms with Gasteiger partial charge in [-0.1, -0.05) is 140 Å². The van der Waals surface area contributed by atoms with Crippen LogP contribution in [-0.2, 0) is 0 Å². The molecule has 224 valence electrons. The zero-order chi connectivity index (χ0) is 31.9. The molecule has 0 saturated carbocycles. The summed E-state index contributed by atoms with van der Waals surface area (Å²) < 4.78 is 0. The van der Waals surface area contributed by atoms with Crippen molar-refractivity contribution in [2.24, 2.45) is 0 Å². The monoisotopic (exact) mass is 611 g/mol. The molecule has 0 unspecified atom stereocenters. The Morgan fingerprint density at radius 2 is 0.875 bits per heavy atom. The highest BCUT2D eigenvalue weighted by Gasteiger charge is 2.14. The van der Waals surface area contributed by atoms with Crippen LogP contribution in [0.25, 0.3) is 88.5 Å². The molecular formula is C45H29N3. The van der Waals surface area contributed by atoms with E-state index in [-0.39, 0.29) is 0 Å². The first-order valence-electron chi connectivity index (χ1n) is 16.2. The molecule has 7 aromatic carbocycles. The Hall–Kier alpha value is -6.45. The lowest BCUT2D eigenvalue weighted by Gasteiger charge is -2.14. The molecule has 2 aromatic heterocycles. The van der Waals surface area contributed by atoms with E-state index in [1.807, 2.05) is 42.7 Å². The van der Waals surface area contributed by atoms with Crippen LogP contribution in [0.15, 0.2) is 176 Å². The van der Waals surface area contributed by atoms with Crippen molar-refractivity contribution in [1.29, 1.82) is 0 Å². The topological polar surface area (TPSA) is 38.7 Å². The van der Waals surface area contributed by atoms with Gasteiger partial charge in [-0.25, -0.2) is 9.97 Å². The SMILES string of the molecule is c1ccc(-c2cc(-c3ccc(-c4ccncc4)cc3)nc(-c3ccc(-c4cc5ccc6ccccc6c5c5ccccc45)cc3)n2)cc1. The van der Waals surface area contributed by atoms with Crippen molar-refractivity contribution in [2.75, 3.05) is 0 Å². The van der Waals surface area contributed by atoms with Gasteiger partial charge in [-0.05, 0) is 78.8 Å². The minimum Gasteiger partial charge on any atom is -0.265 e. The first kappa shape index (κ1) is 27.8. The molecule has 9 rings (SSSR count). The molecule has 0 fully saturated rings. The Morgan fingerprint density at radius 1 is 0.333 bits per heavy atom. The van der Waals surface area contributed by atoms with Gasteiger partial charge in [0.2, 0.25) is 0 Å². The highest BCUT2D eigenvalue weighted by molar-refractivity contribution is 6.23. The van der Waals surface area contributed by atoms with Crippen molar-refractivity contribution in [3.63, 3.8) is 0 Å². The van der Waals surface area contributed by atoms with Gasteiger partial charge in [0.1, 0.15) is 0 Å². The smallest absolute Gasteiger partial charge is 0.160 e. The zero-order valence-electron chi connectivity index (χ0n) is 26.1. The van der Waals surface area contributed by atoms with Gasteiger partial charge in [-0.15, -0.1) is 0 Å². The molecule has 0 spiro atoms. The molecule has 0 bridgehead atoms. The van der Waals surface area contributed by atoms with Crippen LogP contribution in [0.5, 0.6) is 0 Å². The number of rotatable bonds is 5. The molecule has 9 aromatic rings. The van der Waals surface area contributed by atoms with Gasteiger partial charge in [0.15, 0.2) is 5.82 Å². The van der Waals surface area contributed by atoms with Crippen LogP contribution in [0.4, 0.5) is 0 Å². The Labute approximate surface area is 278 Å². The number of nitrogens with zero attached hydrogens (tertiary/aromatic N) is 3. The van der Waals surface area contributed by atoms with Crippen LogP contribution >= 0.6 is 0 Å². The second-order valence-corrected chi connectivity index (χ2v) is 12.1. The molecule has 2 heterocycles. The number of pyridine rings is 1. The van der Waals surface area contributed by atoms with Crippen LogP contribution < -0.4 is 0 Å². The molecule has 3 heteroatoms. The maximum atomic E-state index is 5.10. The summed E-state index contributed by atoms with van der Waals surface area (Å²) in [5.41, 5.74) is 9.51. The Balaban J connectivity index is 1.14. The van der Waals surface area contributed by atoms with E-state index in [4.69, 9.17) is 9.97 Å². The first-order valence-corrected chi connectivity index (χ1v) is 16.2. The predicted octanol–water partition coefficient (Wildman–Crippen LogP) is 11.7. The van der Waals surface area contributed by atoms with E-state index in [1.54, 1.807) is 0 Å². The lowest BCUT2D eigenvalue weighted by Crippen LogP contribution is -1.96. The van der Waals surface area contributed by atoms with Crippen molar-refractivity contribution < 1.29 is 0 Å². The van der Waals surface area contributed by atoms with Crippen molar-refractivity contribution in [3.05, 3.63) is 176 Å². The maximum absolute atomic E-state index is 5.10. The number of aromatic nitrogens is 3. The van der Waals surface area contributed by atoms with Crippen LogP contribution in [0.3, 0.4) is 0 Å². The Morgan fingerprint density at radius 3 is 1.62 bits per heavy atom. The molecule has 0 aliphatic heterocycles. The summed E-state index contributed by atoms with van der Waals surface area (Å²) in [5, 5.41) is 7.60. The largest absolute Gasteiger partial charge is 0.265 e. The summed E-state index contributed by atoms with van der Waals surface area (Å²) in [6.07, 6.45) is 3.64. The van der Waals surface area contributed by atoms with Gasteiger partial charge in [0, 0.05) is 29.1 Å². The molecule has 0 N–H and O–H groups in total. The van der Waals surface area contributed by atoms with Gasteiger partial charge in [0.05, 0.1) is 11.4 Å². The maximum Gasteiger partial charge on any atom is 0.160 e. The van der Waals surface area contributed by atoms with E-state index < -0.39 is 0 Å². The minimum absolute atomic E-state index is 0.700. The van der Waals surface area contributed by atoms with Crippen molar-refractivity contribution in [2.45, 2.75) is 0 Å². The van der Waals surface area contributed by atoms with E-state index in [1.165, 1.54) is 37.9 Å². The summed E-state index contributed by atoms with van der Waals surface area (Å²) in [7, 11) is 0. The van der Waals surface area contributed by atoms with E-state index in [0.717, 1.165) is 44.8 Å². The predicted molar refractivity (Wildman–Crippen MR) is 200 cm³/mol. The van der Waals surface area contributed by atoms with Gasteiger partial charge in [-0.3, -0.25) is 4.98 Å². The highest BCUT2D eigenvalue weighted by atomic mass is 14.9. The number of hydrogen-bond donors (Lipinski definition) is 0. The van der Waals surface area contributed by atoms with E-state index in [2.05, 4.69) is 138 Å². The fraction of sp³-hybridized carbons (Fsp3) is 0. The first-order chi connectivity index (χ1) is 23.8. The lowest BCUT2D eigenvalue weighted by molar-refractivity contribution is 1.18. The fourth-order valence-electron chi connectivity index (χ4n) is 6.78. The lowest BCUT2D eigenvalue weighted by atomic mass is 9.90. The third kappa shape index (κ3) is 4.99. The quantitative estimate of drug-likeness (QED) is 0.182. The normalized spacial score (nSPS) is 11.3. The minimum atomic E-state index is 0.700. The third-order valence-corrected chi connectivity index (χ3v) is 9.19. The summed E-state index contributed by atoms with van der Waals surface area (Å²) in [6, 6.07) is 57.9. The van der Waals surface area contributed by atoms with Crippen LogP contribution in [0.2, 0.25) is 0 Å². The van der Waals surface area contributed by atoms with Crippen molar-refractivity contribution in [3.8, 4) is 56.2 Å². The van der Waals surface area contributed by atoms with Gasteiger partial charge >= 0.3 is 0 Å². The number of hydrogen-bond acceptors (Lipinski definition) is 3. The molecule has 3 nitrogen and oxygen atoms in total. The van der Waals surface area contributed by atoms with Gasteiger partial charge < -0.3 is 0 Å². The van der Waals surface area contributed by atoms with Crippen LogP contribution in [0.1, 0.15) is 0 Å².